The molecule has 1 unspecified atom stereocenters. The molecule has 0 fully saturated rings. The number of fused-ring (bicyclic) bond motifs is 3. The number of nitrogens with zero attached hydrogens (tertiary/aromatic N) is 1. The van der Waals surface area contributed by atoms with Crippen LogP contribution >= 0.6 is 0 Å². The van der Waals surface area contributed by atoms with Crippen LogP contribution in [0.25, 0.3) is 5.57 Å². The van der Waals surface area contributed by atoms with Gasteiger partial charge in [-0.1, -0.05) is 0 Å². The predicted octanol–water partition coefficient (Wildman–Crippen LogP) is 4.26. The molecule has 3 N–H and O–H groups in total. The van der Waals surface area contributed by atoms with E-state index in [-0.39, 0.29) is 74.0 Å². The van der Waals surface area contributed by atoms with Gasteiger partial charge >= 0.3 is 31.1 Å². The third-order valence-corrected chi connectivity index (χ3v) is 7.41. The van der Waals surface area contributed by atoms with Crippen molar-refractivity contribution in [1.29, 1.82) is 0 Å². The van der Waals surface area contributed by atoms with Gasteiger partial charge in [-0.05, 0) is 86.5 Å². The fraction of sp³-hybridized carbons (Fsp3) is 0.433. The Labute approximate surface area is 259 Å². The summed E-state index contributed by atoms with van der Waals surface area (Å²) in [6, 6.07) is 3.11. The zero-order chi connectivity index (χ0) is 27.8. The number of rotatable bonds is 6. The quantitative estimate of drug-likeness (QED) is 0.299. The number of anilines is 1. The average molecular weight is 778 g/mol. The first kappa shape index (κ1) is 33.8. The number of allylic oxidation sites excluding steroid dienone is 1. The van der Waals surface area contributed by atoms with E-state index in [1.54, 1.807) is 24.5 Å². The topological polar surface area (TPSA) is 110 Å². The summed E-state index contributed by atoms with van der Waals surface area (Å²) in [7, 11) is 0. The van der Waals surface area contributed by atoms with Crippen LogP contribution in [0.5, 0.6) is 0 Å². The predicted molar refractivity (Wildman–Crippen MR) is 149 cm³/mol. The van der Waals surface area contributed by atoms with Crippen molar-refractivity contribution in [2.24, 2.45) is 0 Å². The second kappa shape index (κ2) is 13.5. The summed E-state index contributed by atoms with van der Waals surface area (Å²) in [6.07, 6.45) is 3.44. The molecular formula is C30H38FN3O5U. The fourth-order valence-electron chi connectivity index (χ4n) is 5.66. The van der Waals surface area contributed by atoms with Crippen LogP contribution < -0.4 is 16.2 Å². The summed E-state index contributed by atoms with van der Waals surface area (Å²) < 4.78 is 21.2. The van der Waals surface area contributed by atoms with Crippen molar-refractivity contribution in [2.45, 2.75) is 78.2 Å². The van der Waals surface area contributed by atoms with Gasteiger partial charge in [-0.2, -0.15) is 6.42 Å². The third-order valence-electron chi connectivity index (χ3n) is 7.41. The molecule has 0 spiro atoms. The Kier molecular flexibility index (Phi) is 11.4. The number of carbonyl (C=O) groups excluding carboxylic acids is 2. The van der Waals surface area contributed by atoms with Gasteiger partial charge in [-0.3, -0.25) is 14.4 Å². The molecule has 2 aliphatic heterocycles. The van der Waals surface area contributed by atoms with Gasteiger partial charge in [0.2, 0.25) is 5.91 Å². The van der Waals surface area contributed by atoms with Crippen LogP contribution in [0.2, 0.25) is 0 Å². The standard InChI is InChI=1S/C24H25FN2O4.C5H10NO.CH3.U/c1-12-13-5-4-6-14-15-9-27-20(22(15)26-19(21(13)14)8-18(12)25)7-17(24(2,3)30)16(23(27)29)10-31-11-28;1-3-4-6-5(2)7;;/h7-8,11,22,26,30H,4-6,9-10H2,1-3H3;1,3-4H2,2H3,(H,6,7);1H3;/q;2*-1;+2. The van der Waals surface area contributed by atoms with E-state index in [2.05, 4.69) is 17.6 Å². The second-order valence-electron chi connectivity index (χ2n) is 10.5. The van der Waals surface area contributed by atoms with E-state index in [1.165, 1.54) is 12.5 Å². The number of amides is 1. The Morgan fingerprint density at radius 1 is 1.35 bits per heavy atom. The van der Waals surface area contributed by atoms with Gasteiger partial charge in [0.05, 0.1) is 17.2 Å². The SMILES string of the molecule is Cc1c(F)cc2c3c1CCCC3=C1Cn3c(cc(C(C)(C)O)c(COC=O)c3=O)C1N2.[CH2-]CCNC(C)=O.[CH3-].[U+2]. The number of carbonyl (C=O) groups is 2. The second-order valence-corrected chi connectivity index (χ2v) is 10.5. The maximum Gasteiger partial charge on any atom is 2.00 e. The molecule has 3 heterocycles. The molecule has 0 bridgehead atoms. The van der Waals surface area contributed by atoms with Gasteiger partial charge in [0.15, 0.2) is 0 Å². The van der Waals surface area contributed by atoms with Crippen LogP contribution in [0.3, 0.4) is 0 Å². The van der Waals surface area contributed by atoms with Crippen molar-refractivity contribution in [3.63, 3.8) is 0 Å². The van der Waals surface area contributed by atoms with Gasteiger partial charge in [-0.15, -0.1) is 0 Å². The first-order valence-electron chi connectivity index (χ1n) is 12.9. The number of aromatic nitrogens is 1. The molecule has 214 valence electrons. The monoisotopic (exact) mass is 777 g/mol. The van der Waals surface area contributed by atoms with Crippen molar-refractivity contribution in [1.82, 2.24) is 9.88 Å². The molecule has 3 aliphatic rings. The summed E-state index contributed by atoms with van der Waals surface area (Å²) in [5.74, 6) is -0.205. The van der Waals surface area contributed by atoms with Crippen molar-refractivity contribution in [2.75, 3.05) is 11.9 Å². The zero-order valence-electron chi connectivity index (χ0n) is 23.9. The third kappa shape index (κ3) is 6.40. The maximum absolute atomic E-state index is 14.6. The van der Waals surface area contributed by atoms with Crippen LogP contribution in [-0.2, 0) is 39.5 Å². The normalized spacial score (nSPS) is 16.0. The average Bonchev–Trinajstić information content (AvgIpc) is 3.24. The van der Waals surface area contributed by atoms with E-state index in [1.807, 2.05) is 13.0 Å². The summed E-state index contributed by atoms with van der Waals surface area (Å²) in [4.78, 5) is 34.2. The number of hydrogen-bond acceptors (Lipinski definition) is 6. The molecule has 8 nitrogen and oxygen atoms in total. The van der Waals surface area contributed by atoms with E-state index in [0.717, 1.165) is 53.8 Å². The van der Waals surface area contributed by atoms with Gasteiger partial charge in [0, 0.05) is 30.4 Å². The molecule has 10 heteroatoms. The number of ether oxygens (including phenoxy) is 1. The number of halogens is 1. The molecule has 1 amide bonds. The largest absolute Gasteiger partial charge is 2.00 e. The number of pyridine rings is 1. The van der Waals surface area contributed by atoms with Crippen LogP contribution in [0.15, 0.2) is 22.5 Å². The van der Waals surface area contributed by atoms with Gasteiger partial charge in [0.1, 0.15) is 12.4 Å². The molecule has 1 aromatic carbocycles. The summed E-state index contributed by atoms with van der Waals surface area (Å²) in [5, 5.41) is 16.8. The van der Waals surface area contributed by atoms with Crippen LogP contribution in [0.1, 0.15) is 79.6 Å². The molecular weight excluding hydrogens is 739 g/mol. The molecule has 1 atom stereocenters. The van der Waals surface area contributed by atoms with Crippen molar-refractivity contribution >= 4 is 23.6 Å². The maximum atomic E-state index is 14.6. The Balaban J connectivity index is 0.000000556. The van der Waals surface area contributed by atoms with Gasteiger partial charge in [-0.25, -0.2) is 4.39 Å². The Bertz CT molecular complexity index is 1380. The minimum Gasteiger partial charge on any atom is -0.463 e. The smallest absolute Gasteiger partial charge is 0.463 e. The molecule has 5 rings (SSSR count). The van der Waals surface area contributed by atoms with E-state index < -0.39 is 5.60 Å². The molecule has 0 saturated heterocycles. The Morgan fingerprint density at radius 2 is 2.05 bits per heavy atom. The van der Waals surface area contributed by atoms with Crippen LogP contribution in [0.4, 0.5) is 10.1 Å². The number of aliphatic hydroxyl groups is 1. The molecule has 2 aromatic rings. The van der Waals surface area contributed by atoms with Crippen LogP contribution in [-0.4, -0.2) is 28.6 Å². The van der Waals surface area contributed by atoms with Gasteiger partial charge in [0.25, 0.3) is 12.0 Å². The van der Waals surface area contributed by atoms with E-state index in [9.17, 15) is 23.9 Å². The van der Waals surface area contributed by atoms with Crippen LogP contribution in [0, 0.1) is 58.2 Å². The number of hydrogen-bond donors (Lipinski definition) is 3. The molecule has 1 aliphatic carbocycles. The molecule has 1 aromatic heterocycles. The fourth-order valence-corrected chi connectivity index (χ4v) is 5.66. The van der Waals surface area contributed by atoms with E-state index in [0.29, 0.717) is 30.7 Å². The molecule has 0 radical (unpaired) electrons. The molecule has 40 heavy (non-hydrogen) atoms. The zero-order valence-corrected chi connectivity index (χ0v) is 28.0. The first-order chi connectivity index (χ1) is 18.0. The van der Waals surface area contributed by atoms with E-state index in [4.69, 9.17) is 4.74 Å². The minimum atomic E-state index is -1.29. The van der Waals surface area contributed by atoms with Crippen molar-refractivity contribution < 1.29 is 54.9 Å². The first-order valence-corrected chi connectivity index (χ1v) is 12.9. The van der Waals surface area contributed by atoms with Crippen molar-refractivity contribution in [3.8, 4) is 0 Å². The van der Waals surface area contributed by atoms with Crippen molar-refractivity contribution in [3.05, 3.63) is 81.7 Å². The van der Waals surface area contributed by atoms with E-state index >= 15 is 0 Å². The Morgan fingerprint density at radius 3 is 2.62 bits per heavy atom. The minimum absolute atomic E-state index is 0. The number of nitrogens with one attached hydrogen (secondary N) is 2. The summed E-state index contributed by atoms with van der Waals surface area (Å²) in [5.41, 5.74) is 5.79. The van der Waals surface area contributed by atoms with Gasteiger partial charge < -0.3 is 39.4 Å². The summed E-state index contributed by atoms with van der Waals surface area (Å²) in [6.45, 7) is 11.3. The summed E-state index contributed by atoms with van der Waals surface area (Å²) >= 11 is 0. The Hall–Kier alpha value is -2.41. The molecule has 0 saturated carbocycles. The number of benzene rings is 1.